The Morgan fingerprint density at radius 3 is 2.67 bits per heavy atom. The Labute approximate surface area is 107 Å². The highest BCUT2D eigenvalue weighted by Gasteiger charge is 2.39. The van der Waals surface area contributed by atoms with E-state index in [-0.39, 0.29) is 0 Å². The number of hydrogen-bond acceptors (Lipinski definition) is 5. The maximum Gasteiger partial charge on any atom is 0.259 e. The molecule has 3 rings (SSSR count). The summed E-state index contributed by atoms with van der Waals surface area (Å²) >= 11 is 0. The third-order valence-corrected chi connectivity index (χ3v) is 4.19. The Hall–Kier alpha value is -0.940. The topological polar surface area (TPSA) is 71.2 Å². The summed E-state index contributed by atoms with van der Waals surface area (Å²) in [5.41, 5.74) is -0.948. The largest absolute Gasteiger partial charge is 0.379 e. The lowest BCUT2D eigenvalue weighted by molar-refractivity contribution is 0.0243. The minimum absolute atomic E-state index is 0.395. The van der Waals surface area contributed by atoms with E-state index >= 15 is 0 Å². The van der Waals surface area contributed by atoms with E-state index in [9.17, 15) is 5.11 Å². The molecule has 1 aliphatic carbocycles. The van der Waals surface area contributed by atoms with Gasteiger partial charge in [-0.3, -0.25) is 0 Å². The molecule has 2 aliphatic rings. The van der Waals surface area contributed by atoms with Crippen LogP contribution in [-0.4, -0.2) is 28.3 Å². The Morgan fingerprint density at radius 2 is 2.00 bits per heavy atom. The molecule has 2 heterocycles. The first-order valence-electron chi connectivity index (χ1n) is 7.05. The van der Waals surface area contributed by atoms with Gasteiger partial charge in [0.15, 0.2) is 11.4 Å². The number of nitrogens with one attached hydrogen (secondary N) is 1. The van der Waals surface area contributed by atoms with E-state index in [0.29, 0.717) is 24.8 Å². The quantitative estimate of drug-likeness (QED) is 0.783. The van der Waals surface area contributed by atoms with Gasteiger partial charge in [0.1, 0.15) is 0 Å². The lowest BCUT2D eigenvalue weighted by Gasteiger charge is -2.15. The van der Waals surface area contributed by atoms with Crippen molar-refractivity contribution in [2.75, 3.05) is 13.1 Å². The van der Waals surface area contributed by atoms with Gasteiger partial charge >= 0.3 is 0 Å². The highest BCUT2D eigenvalue weighted by atomic mass is 16.5. The SMILES string of the molecule is OC1(c2nc(C3CCCCCC3)no2)CCNC1. The number of aliphatic hydroxyl groups is 1. The van der Waals surface area contributed by atoms with Crippen LogP contribution in [0, 0.1) is 0 Å². The predicted molar refractivity (Wildman–Crippen MR) is 66.1 cm³/mol. The van der Waals surface area contributed by atoms with Crippen molar-refractivity contribution in [3.8, 4) is 0 Å². The predicted octanol–water partition coefficient (Wildman–Crippen LogP) is 1.69. The molecule has 1 aliphatic heterocycles. The Morgan fingerprint density at radius 1 is 1.22 bits per heavy atom. The van der Waals surface area contributed by atoms with Crippen molar-refractivity contribution in [2.24, 2.45) is 0 Å². The summed E-state index contributed by atoms with van der Waals surface area (Å²) < 4.78 is 5.29. The lowest BCUT2D eigenvalue weighted by Crippen LogP contribution is -2.28. The van der Waals surface area contributed by atoms with E-state index in [1.165, 1.54) is 25.7 Å². The van der Waals surface area contributed by atoms with E-state index < -0.39 is 5.60 Å². The molecule has 2 N–H and O–H groups in total. The van der Waals surface area contributed by atoms with Crippen molar-refractivity contribution in [1.29, 1.82) is 0 Å². The first-order chi connectivity index (χ1) is 8.78. The summed E-state index contributed by atoms with van der Waals surface area (Å²) in [6, 6.07) is 0. The maximum atomic E-state index is 10.4. The average Bonchev–Trinajstić information content (AvgIpc) is 2.94. The monoisotopic (exact) mass is 251 g/mol. The summed E-state index contributed by atoms with van der Waals surface area (Å²) in [6.07, 6.45) is 8.08. The van der Waals surface area contributed by atoms with Crippen molar-refractivity contribution in [3.63, 3.8) is 0 Å². The molecule has 1 atom stereocenters. The van der Waals surface area contributed by atoms with Crippen LogP contribution in [0.15, 0.2) is 4.52 Å². The lowest BCUT2D eigenvalue weighted by atomic mass is 9.99. The van der Waals surface area contributed by atoms with E-state index in [1.54, 1.807) is 0 Å². The second-order valence-corrected chi connectivity index (χ2v) is 5.60. The van der Waals surface area contributed by atoms with Gasteiger partial charge in [-0.05, 0) is 25.8 Å². The molecule has 1 unspecified atom stereocenters. The van der Waals surface area contributed by atoms with Crippen LogP contribution < -0.4 is 5.32 Å². The van der Waals surface area contributed by atoms with Gasteiger partial charge in [0.2, 0.25) is 0 Å². The van der Waals surface area contributed by atoms with Crippen LogP contribution in [0.2, 0.25) is 0 Å². The van der Waals surface area contributed by atoms with E-state index in [4.69, 9.17) is 4.52 Å². The van der Waals surface area contributed by atoms with E-state index in [2.05, 4.69) is 15.5 Å². The highest BCUT2D eigenvalue weighted by Crippen LogP contribution is 2.32. The van der Waals surface area contributed by atoms with Crippen LogP contribution in [-0.2, 0) is 5.60 Å². The van der Waals surface area contributed by atoms with Gasteiger partial charge in [-0.1, -0.05) is 30.8 Å². The van der Waals surface area contributed by atoms with Crippen LogP contribution in [0.25, 0.3) is 0 Å². The molecule has 0 spiro atoms. The molecular weight excluding hydrogens is 230 g/mol. The van der Waals surface area contributed by atoms with E-state index in [1.807, 2.05) is 0 Å². The van der Waals surface area contributed by atoms with Crippen molar-refractivity contribution >= 4 is 0 Å². The molecular formula is C13H21N3O2. The second-order valence-electron chi connectivity index (χ2n) is 5.60. The molecule has 5 heteroatoms. The summed E-state index contributed by atoms with van der Waals surface area (Å²) in [5, 5.41) is 17.6. The summed E-state index contributed by atoms with van der Waals surface area (Å²) in [7, 11) is 0. The molecule has 0 bridgehead atoms. The molecule has 1 aromatic heterocycles. The zero-order valence-corrected chi connectivity index (χ0v) is 10.7. The molecule has 0 aromatic carbocycles. The normalized spacial score (nSPS) is 30.5. The molecule has 5 nitrogen and oxygen atoms in total. The highest BCUT2D eigenvalue weighted by molar-refractivity contribution is 5.05. The van der Waals surface area contributed by atoms with Crippen molar-refractivity contribution in [3.05, 3.63) is 11.7 Å². The summed E-state index contributed by atoms with van der Waals surface area (Å²) in [6.45, 7) is 1.32. The van der Waals surface area contributed by atoms with Gasteiger partial charge in [0.25, 0.3) is 5.89 Å². The molecule has 2 fully saturated rings. The zero-order valence-electron chi connectivity index (χ0n) is 10.7. The summed E-state index contributed by atoms with van der Waals surface area (Å²) in [5.74, 6) is 1.61. The number of β-amino-alcohol motifs (C(OH)–C–C–N with tert-alkyl or cyclic N) is 1. The maximum absolute atomic E-state index is 10.4. The minimum atomic E-state index is -0.948. The van der Waals surface area contributed by atoms with Gasteiger partial charge in [-0.2, -0.15) is 4.98 Å². The van der Waals surface area contributed by atoms with Gasteiger partial charge in [0, 0.05) is 12.5 Å². The molecule has 18 heavy (non-hydrogen) atoms. The van der Waals surface area contributed by atoms with Crippen molar-refractivity contribution in [1.82, 2.24) is 15.5 Å². The second kappa shape index (κ2) is 4.97. The summed E-state index contributed by atoms with van der Waals surface area (Å²) in [4.78, 5) is 4.46. The smallest absolute Gasteiger partial charge is 0.259 e. The fourth-order valence-corrected chi connectivity index (χ4v) is 2.99. The van der Waals surface area contributed by atoms with E-state index in [0.717, 1.165) is 25.2 Å². The van der Waals surface area contributed by atoms with Crippen LogP contribution in [0.5, 0.6) is 0 Å². The molecule has 1 saturated heterocycles. The Bertz CT molecular complexity index is 391. The molecule has 0 radical (unpaired) electrons. The number of aromatic nitrogens is 2. The van der Waals surface area contributed by atoms with Gasteiger partial charge in [0.05, 0.1) is 0 Å². The Balaban J connectivity index is 1.76. The van der Waals surface area contributed by atoms with Crippen LogP contribution in [0.1, 0.15) is 62.6 Å². The zero-order chi connectivity index (χ0) is 12.4. The van der Waals surface area contributed by atoms with Crippen molar-refractivity contribution < 1.29 is 9.63 Å². The molecule has 1 saturated carbocycles. The first-order valence-corrected chi connectivity index (χ1v) is 7.05. The fraction of sp³-hybridized carbons (Fsp3) is 0.846. The molecule has 100 valence electrons. The number of nitrogens with zero attached hydrogens (tertiary/aromatic N) is 2. The number of rotatable bonds is 2. The fourth-order valence-electron chi connectivity index (χ4n) is 2.99. The van der Waals surface area contributed by atoms with Crippen LogP contribution in [0.4, 0.5) is 0 Å². The Kier molecular flexibility index (Phi) is 3.35. The molecule has 1 aromatic rings. The first kappa shape index (κ1) is 12.1. The minimum Gasteiger partial charge on any atom is -0.379 e. The van der Waals surface area contributed by atoms with Gasteiger partial charge in [-0.15, -0.1) is 0 Å². The van der Waals surface area contributed by atoms with Crippen LogP contribution >= 0.6 is 0 Å². The van der Waals surface area contributed by atoms with Gasteiger partial charge < -0.3 is 14.9 Å². The number of hydrogen-bond donors (Lipinski definition) is 2. The average molecular weight is 251 g/mol. The molecule has 0 amide bonds. The third kappa shape index (κ3) is 2.29. The third-order valence-electron chi connectivity index (χ3n) is 4.19. The van der Waals surface area contributed by atoms with Crippen molar-refractivity contribution in [2.45, 2.75) is 56.5 Å². The van der Waals surface area contributed by atoms with Crippen LogP contribution in [0.3, 0.4) is 0 Å². The standard InChI is InChI=1S/C13H21N3O2/c17-13(7-8-14-9-13)12-15-11(16-18-12)10-5-3-1-2-4-6-10/h10,14,17H,1-9H2. The van der Waals surface area contributed by atoms with Gasteiger partial charge in [-0.25, -0.2) is 0 Å².